The molecule has 0 unspecified atom stereocenters. The molecule has 1 aliphatic rings. The van der Waals surface area contributed by atoms with Crippen LogP contribution >= 0.6 is 0 Å². The molecule has 4 rings (SSSR count). The lowest BCUT2D eigenvalue weighted by Crippen LogP contribution is -2.46. The Bertz CT molecular complexity index is 952. The molecule has 0 spiro atoms. The summed E-state index contributed by atoms with van der Waals surface area (Å²) in [4.78, 5) is 17.9. The van der Waals surface area contributed by atoms with Crippen LogP contribution in [0.15, 0.2) is 36.7 Å². The van der Waals surface area contributed by atoms with Gasteiger partial charge in [-0.25, -0.2) is 9.97 Å². The Morgan fingerprint density at radius 1 is 1.07 bits per heavy atom. The fraction of sp³-hybridized carbons (Fsp3) is 0.350. The maximum Gasteiger partial charge on any atom is 0.248 e. The first kappa shape index (κ1) is 17.5. The first-order chi connectivity index (χ1) is 13.2. The van der Waals surface area contributed by atoms with Crippen LogP contribution in [0.2, 0.25) is 0 Å². The smallest absolute Gasteiger partial charge is 0.248 e. The van der Waals surface area contributed by atoms with E-state index in [4.69, 9.17) is 10.5 Å². The number of pyridine rings is 1. The summed E-state index contributed by atoms with van der Waals surface area (Å²) in [6.45, 7) is 9.00. The number of hydrogen-bond donors (Lipinski definition) is 1. The van der Waals surface area contributed by atoms with Gasteiger partial charge in [0.05, 0.1) is 0 Å². The number of para-hydroxylation sites is 1. The van der Waals surface area contributed by atoms with Crippen LogP contribution in [0.25, 0.3) is 10.9 Å². The van der Waals surface area contributed by atoms with Gasteiger partial charge in [0.15, 0.2) is 11.6 Å². The average Bonchev–Trinajstić information content (AvgIpc) is 2.70. The maximum atomic E-state index is 6.38. The fourth-order valence-electron chi connectivity index (χ4n) is 3.38. The second-order valence-corrected chi connectivity index (χ2v) is 6.72. The van der Waals surface area contributed by atoms with Crippen molar-refractivity contribution in [3.8, 4) is 11.6 Å². The molecule has 140 valence electrons. The summed E-state index contributed by atoms with van der Waals surface area (Å²) < 4.78 is 6.08. The maximum absolute atomic E-state index is 6.38. The number of likely N-dealkylation sites (N-methyl/N-ethyl adjacent to an activating group) is 1. The molecular formula is C20H24N6O. The third kappa shape index (κ3) is 3.50. The van der Waals surface area contributed by atoms with Crippen molar-refractivity contribution >= 4 is 22.4 Å². The lowest BCUT2D eigenvalue weighted by molar-refractivity contribution is 0.270. The second kappa shape index (κ2) is 7.36. The van der Waals surface area contributed by atoms with Crippen LogP contribution in [0.3, 0.4) is 0 Å². The van der Waals surface area contributed by atoms with Gasteiger partial charge in [-0.2, -0.15) is 4.98 Å². The average molecular weight is 364 g/mol. The summed E-state index contributed by atoms with van der Waals surface area (Å²) in [6.07, 6.45) is 1.51. The van der Waals surface area contributed by atoms with Gasteiger partial charge < -0.3 is 20.3 Å². The van der Waals surface area contributed by atoms with Crippen LogP contribution in [0.4, 0.5) is 11.5 Å². The van der Waals surface area contributed by atoms with E-state index in [0.29, 0.717) is 17.3 Å². The lowest BCUT2D eigenvalue weighted by Gasteiger charge is -2.35. The van der Waals surface area contributed by atoms with Gasteiger partial charge in [0.25, 0.3) is 0 Å². The molecule has 3 heterocycles. The van der Waals surface area contributed by atoms with Gasteiger partial charge in [0.2, 0.25) is 5.88 Å². The van der Waals surface area contributed by atoms with Crippen molar-refractivity contribution in [2.45, 2.75) is 13.8 Å². The van der Waals surface area contributed by atoms with E-state index in [1.807, 2.05) is 37.3 Å². The number of fused-ring (bicyclic) bond motifs is 1. The third-order valence-electron chi connectivity index (χ3n) is 4.97. The molecular weight excluding hydrogens is 340 g/mol. The summed E-state index contributed by atoms with van der Waals surface area (Å²) >= 11 is 0. The van der Waals surface area contributed by atoms with Gasteiger partial charge in [-0.1, -0.05) is 25.1 Å². The second-order valence-electron chi connectivity index (χ2n) is 6.72. The first-order valence-corrected chi connectivity index (χ1v) is 9.27. The molecule has 0 bridgehead atoms. The Balaban J connectivity index is 1.63. The lowest BCUT2D eigenvalue weighted by atomic mass is 10.2. The number of piperazine rings is 1. The number of anilines is 2. The molecule has 0 atom stereocenters. The van der Waals surface area contributed by atoms with Crippen LogP contribution in [0.1, 0.15) is 12.6 Å². The number of benzene rings is 1. The van der Waals surface area contributed by atoms with E-state index < -0.39 is 0 Å². The number of aromatic nitrogens is 3. The first-order valence-electron chi connectivity index (χ1n) is 9.27. The zero-order valence-electron chi connectivity index (χ0n) is 15.7. The Labute approximate surface area is 158 Å². The molecule has 2 aromatic heterocycles. The number of nitrogens with zero attached hydrogens (tertiary/aromatic N) is 5. The van der Waals surface area contributed by atoms with E-state index in [-0.39, 0.29) is 0 Å². The molecule has 0 aliphatic carbocycles. The van der Waals surface area contributed by atoms with E-state index in [0.717, 1.165) is 55.1 Å². The Morgan fingerprint density at radius 3 is 2.67 bits per heavy atom. The van der Waals surface area contributed by atoms with Crippen molar-refractivity contribution < 1.29 is 4.74 Å². The molecule has 1 aromatic carbocycles. The van der Waals surface area contributed by atoms with Gasteiger partial charge >= 0.3 is 0 Å². The fourth-order valence-corrected chi connectivity index (χ4v) is 3.38. The summed E-state index contributed by atoms with van der Waals surface area (Å²) in [5.74, 6) is 1.75. The highest BCUT2D eigenvalue weighted by molar-refractivity contribution is 5.85. The minimum absolute atomic E-state index is 0.369. The van der Waals surface area contributed by atoms with Gasteiger partial charge in [-0.05, 0) is 25.6 Å². The van der Waals surface area contributed by atoms with Crippen LogP contribution in [0.5, 0.6) is 11.6 Å². The molecule has 7 nitrogen and oxygen atoms in total. The summed E-state index contributed by atoms with van der Waals surface area (Å²) in [6, 6.07) is 9.86. The van der Waals surface area contributed by atoms with Gasteiger partial charge in [-0.15, -0.1) is 0 Å². The quantitative estimate of drug-likeness (QED) is 0.762. The summed E-state index contributed by atoms with van der Waals surface area (Å²) in [7, 11) is 0. The molecule has 0 radical (unpaired) electrons. The highest BCUT2D eigenvalue weighted by Gasteiger charge is 2.21. The highest BCUT2D eigenvalue weighted by Crippen LogP contribution is 2.34. The predicted molar refractivity (Wildman–Crippen MR) is 107 cm³/mol. The molecule has 0 saturated carbocycles. The van der Waals surface area contributed by atoms with Crippen molar-refractivity contribution in [1.82, 2.24) is 19.9 Å². The third-order valence-corrected chi connectivity index (χ3v) is 4.97. The number of rotatable bonds is 4. The summed E-state index contributed by atoms with van der Waals surface area (Å²) in [5, 5.41) is 1.02. The van der Waals surface area contributed by atoms with Crippen molar-refractivity contribution in [2.24, 2.45) is 0 Å². The van der Waals surface area contributed by atoms with Gasteiger partial charge in [0.1, 0.15) is 17.5 Å². The molecule has 1 aliphatic heterocycles. The largest absolute Gasteiger partial charge is 0.435 e. The van der Waals surface area contributed by atoms with E-state index in [1.54, 1.807) is 0 Å². The van der Waals surface area contributed by atoms with Crippen molar-refractivity contribution in [1.29, 1.82) is 0 Å². The molecule has 27 heavy (non-hydrogen) atoms. The number of nitrogens with two attached hydrogens (primary N) is 1. The van der Waals surface area contributed by atoms with Crippen LogP contribution in [-0.4, -0.2) is 52.6 Å². The number of ether oxygens (including phenoxy) is 1. The Kier molecular flexibility index (Phi) is 4.77. The molecule has 1 saturated heterocycles. The van der Waals surface area contributed by atoms with Crippen molar-refractivity contribution in [3.05, 3.63) is 42.4 Å². The van der Waals surface area contributed by atoms with Crippen LogP contribution < -0.4 is 15.4 Å². The number of nitrogen functional groups attached to an aromatic ring is 1. The molecule has 3 aromatic rings. The molecule has 1 fully saturated rings. The molecule has 7 heteroatoms. The normalized spacial score (nSPS) is 15.3. The van der Waals surface area contributed by atoms with E-state index in [9.17, 15) is 0 Å². The molecule has 0 amide bonds. The van der Waals surface area contributed by atoms with Gasteiger partial charge in [-0.3, -0.25) is 0 Å². The topological polar surface area (TPSA) is 80.4 Å². The zero-order valence-corrected chi connectivity index (χ0v) is 15.7. The standard InChI is InChI=1S/C20H24N6O/c1-3-25-9-11-26(12-10-25)19-17(21)20(23-13-22-19)27-16-6-4-5-15-8-7-14(2)24-18(15)16/h4-8,13H,3,9-12,21H2,1-2H3. The summed E-state index contributed by atoms with van der Waals surface area (Å²) in [5.41, 5.74) is 8.58. The number of hydrogen-bond acceptors (Lipinski definition) is 7. The molecule has 2 N–H and O–H groups in total. The SMILES string of the molecule is CCN1CCN(c2ncnc(Oc3cccc4ccc(C)nc34)c2N)CC1. The van der Waals surface area contributed by atoms with Crippen molar-refractivity contribution in [2.75, 3.05) is 43.4 Å². The van der Waals surface area contributed by atoms with Crippen LogP contribution in [0, 0.1) is 6.92 Å². The monoisotopic (exact) mass is 364 g/mol. The minimum atomic E-state index is 0.369. The van der Waals surface area contributed by atoms with E-state index in [2.05, 4.69) is 31.7 Å². The van der Waals surface area contributed by atoms with E-state index >= 15 is 0 Å². The Hall–Kier alpha value is -2.93. The van der Waals surface area contributed by atoms with Crippen LogP contribution in [-0.2, 0) is 0 Å². The minimum Gasteiger partial charge on any atom is -0.435 e. The number of aryl methyl sites for hydroxylation is 1. The predicted octanol–water partition coefficient (Wildman–Crippen LogP) is 2.85. The zero-order chi connectivity index (χ0) is 18.8. The highest BCUT2D eigenvalue weighted by atomic mass is 16.5. The Morgan fingerprint density at radius 2 is 1.89 bits per heavy atom. The van der Waals surface area contributed by atoms with E-state index in [1.165, 1.54) is 6.33 Å². The van der Waals surface area contributed by atoms with Gasteiger partial charge in [0, 0.05) is 37.3 Å². The van der Waals surface area contributed by atoms with Crippen molar-refractivity contribution in [3.63, 3.8) is 0 Å².